The Bertz CT molecular complexity index is 248. The maximum Gasteiger partial charge on any atom is 0.0166 e. The maximum atomic E-state index is 5.91. The summed E-state index contributed by atoms with van der Waals surface area (Å²) in [6, 6.07) is 0.299. The highest BCUT2D eigenvalue weighted by molar-refractivity contribution is 5.14. The molecule has 1 rings (SSSR count). The smallest absolute Gasteiger partial charge is 0.0166 e. The third-order valence-corrected chi connectivity index (χ3v) is 3.70. The first kappa shape index (κ1) is 13.7. The quantitative estimate of drug-likeness (QED) is 0.747. The van der Waals surface area contributed by atoms with Crippen LogP contribution in [0.4, 0.5) is 0 Å². The Labute approximate surface area is 101 Å². The number of nitrogens with two attached hydrogens (primary N) is 1. The molecule has 2 heteroatoms. The molecular weight excluding hydrogens is 196 g/mol. The highest BCUT2D eigenvalue weighted by Crippen LogP contribution is 2.30. The third-order valence-electron chi connectivity index (χ3n) is 3.70. The fourth-order valence-corrected chi connectivity index (χ4v) is 2.13. The lowest BCUT2D eigenvalue weighted by molar-refractivity contribution is 0.231. The van der Waals surface area contributed by atoms with Crippen molar-refractivity contribution < 1.29 is 0 Å². The average molecular weight is 224 g/mol. The molecule has 0 radical (unpaired) electrons. The molecule has 0 bridgehead atoms. The van der Waals surface area contributed by atoms with Crippen molar-refractivity contribution in [1.29, 1.82) is 0 Å². The summed E-state index contributed by atoms with van der Waals surface area (Å²) in [7, 11) is 0. The molecule has 1 aliphatic heterocycles. The first-order chi connectivity index (χ1) is 7.30. The van der Waals surface area contributed by atoms with Gasteiger partial charge in [-0.3, -0.25) is 4.90 Å². The number of nitrogens with zero attached hydrogens (tertiary/aromatic N) is 1. The predicted octanol–water partition coefficient (Wildman–Crippen LogP) is 2.65. The second-order valence-electron chi connectivity index (χ2n) is 6.33. The van der Waals surface area contributed by atoms with Crippen LogP contribution in [0, 0.1) is 11.3 Å². The van der Waals surface area contributed by atoms with Crippen LogP contribution in [0.5, 0.6) is 0 Å². The van der Waals surface area contributed by atoms with Crippen LogP contribution in [0.15, 0.2) is 11.6 Å². The monoisotopic (exact) mass is 224 g/mol. The minimum Gasteiger partial charge on any atom is -0.328 e. The molecule has 2 N–H and O–H groups in total. The summed E-state index contributed by atoms with van der Waals surface area (Å²) in [6.45, 7) is 14.7. The molecule has 0 saturated carbocycles. The molecule has 1 heterocycles. The van der Waals surface area contributed by atoms with Crippen LogP contribution in [0.2, 0.25) is 0 Å². The van der Waals surface area contributed by atoms with Gasteiger partial charge < -0.3 is 5.73 Å². The van der Waals surface area contributed by atoms with E-state index in [1.165, 1.54) is 13.0 Å². The normalized spacial score (nSPS) is 22.8. The molecule has 0 aromatic carbocycles. The van der Waals surface area contributed by atoms with E-state index in [1.807, 2.05) is 0 Å². The lowest BCUT2D eigenvalue weighted by Crippen LogP contribution is -2.39. The minimum absolute atomic E-state index is 0.299. The second kappa shape index (κ2) is 5.33. The molecule has 0 saturated heterocycles. The highest BCUT2D eigenvalue weighted by atomic mass is 15.1. The van der Waals surface area contributed by atoms with E-state index in [4.69, 9.17) is 5.73 Å². The fraction of sp³-hybridized carbons (Fsp3) is 0.857. The molecule has 2 atom stereocenters. The van der Waals surface area contributed by atoms with Crippen molar-refractivity contribution in [3.8, 4) is 0 Å². The van der Waals surface area contributed by atoms with Crippen molar-refractivity contribution in [1.82, 2.24) is 4.90 Å². The van der Waals surface area contributed by atoms with Crippen LogP contribution in [-0.4, -0.2) is 30.6 Å². The lowest BCUT2D eigenvalue weighted by Gasteiger charge is -2.34. The predicted molar refractivity (Wildman–Crippen MR) is 71.4 cm³/mol. The van der Waals surface area contributed by atoms with Crippen molar-refractivity contribution in [2.75, 3.05) is 19.6 Å². The molecule has 0 fully saturated rings. The van der Waals surface area contributed by atoms with Gasteiger partial charge in [-0.05, 0) is 24.7 Å². The SMILES string of the molecule is CC(N)C(C)CN1CC=C(C(C)(C)C)CC1. The van der Waals surface area contributed by atoms with E-state index in [0.29, 0.717) is 17.4 Å². The summed E-state index contributed by atoms with van der Waals surface area (Å²) in [5.41, 5.74) is 7.86. The zero-order valence-electron chi connectivity index (χ0n) is 11.6. The Kier molecular flexibility index (Phi) is 4.57. The van der Waals surface area contributed by atoms with E-state index in [-0.39, 0.29) is 0 Å². The molecule has 94 valence electrons. The molecule has 1 aliphatic rings. The van der Waals surface area contributed by atoms with Crippen molar-refractivity contribution in [2.45, 2.75) is 47.1 Å². The lowest BCUT2D eigenvalue weighted by atomic mass is 9.83. The van der Waals surface area contributed by atoms with Gasteiger partial charge in [-0.2, -0.15) is 0 Å². The molecule has 0 aromatic rings. The van der Waals surface area contributed by atoms with E-state index >= 15 is 0 Å². The summed E-state index contributed by atoms with van der Waals surface area (Å²) in [4.78, 5) is 2.52. The Hall–Kier alpha value is -0.340. The molecule has 16 heavy (non-hydrogen) atoms. The van der Waals surface area contributed by atoms with Crippen LogP contribution < -0.4 is 5.73 Å². The largest absolute Gasteiger partial charge is 0.328 e. The van der Waals surface area contributed by atoms with Gasteiger partial charge in [0.05, 0.1) is 0 Å². The summed E-state index contributed by atoms with van der Waals surface area (Å²) >= 11 is 0. The van der Waals surface area contributed by atoms with Gasteiger partial charge in [-0.25, -0.2) is 0 Å². The van der Waals surface area contributed by atoms with E-state index in [9.17, 15) is 0 Å². The van der Waals surface area contributed by atoms with E-state index in [2.05, 4.69) is 45.6 Å². The molecular formula is C14H28N2. The molecule has 2 unspecified atom stereocenters. The van der Waals surface area contributed by atoms with Gasteiger partial charge in [0.15, 0.2) is 0 Å². The van der Waals surface area contributed by atoms with Crippen molar-refractivity contribution in [2.24, 2.45) is 17.1 Å². The van der Waals surface area contributed by atoms with Gasteiger partial charge in [0.2, 0.25) is 0 Å². The number of rotatable bonds is 3. The second-order valence-corrected chi connectivity index (χ2v) is 6.33. The van der Waals surface area contributed by atoms with Gasteiger partial charge in [0.25, 0.3) is 0 Å². The Morgan fingerprint density at radius 2 is 2.00 bits per heavy atom. The first-order valence-corrected chi connectivity index (χ1v) is 6.48. The molecule has 0 aromatic heterocycles. The highest BCUT2D eigenvalue weighted by Gasteiger charge is 2.22. The summed E-state index contributed by atoms with van der Waals surface area (Å²) in [6.07, 6.45) is 3.63. The minimum atomic E-state index is 0.299. The Balaban J connectivity index is 2.46. The zero-order chi connectivity index (χ0) is 12.3. The summed E-state index contributed by atoms with van der Waals surface area (Å²) in [5.74, 6) is 0.588. The summed E-state index contributed by atoms with van der Waals surface area (Å²) < 4.78 is 0. The Morgan fingerprint density at radius 1 is 1.38 bits per heavy atom. The van der Waals surface area contributed by atoms with E-state index in [1.54, 1.807) is 5.57 Å². The van der Waals surface area contributed by atoms with Gasteiger partial charge in [0.1, 0.15) is 0 Å². The van der Waals surface area contributed by atoms with Crippen LogP contribution in [0.3, 0.4) is 0 Å². The van der Waals surface area contributed by atoms with E-state index < -0.39 is 0 Å². The number of hydrogen-bond donors (Lipinski definition) is 1. The maximum absolute atomic E-state index is 5.91. The van der Waals surface area contributed by atoms with Crippen LogP contribution in [-0.2, 0) is 0 Å². The van der Waals surface area contributed by atoms with Crippen molar-refractivity contribution in [3.63, 3.8) is 0 Å². The first-order valence-electron chi connectivity index (χ1n) is 6.48. The zero-order valence-corrected chi connectivity index (χ0v) is 11.6. The van der Waals surface area contributed by atoms with E-state index in [0.717, 1.165) is 13.1 Å². The number of hydrogen-bond acceptors (Lipinski definition) is 2. The average Bonchev–Trinajstić information content (AvgIpc) is 2.17. The molecule has 0 amide bonds. The van der Waals surface area contributed by atoms with Crippen LogP contribution in [0.1, 0.15) is 41.0 Å². The van der Waals surface area contributed by atoms with Gasteiger partial charge in [-0.15, -0.1) is 0 Å². The fourth-order valence-electron chi connectivity index (χ4n) is 2.13. The van der Waals surface area contributed by atoms with Gasteiger partial charge >= 0.3 is 0 Å². The van der Waals surface area contributed by atoms with Gasteiger partial charge in [-0.1, -0.05) is 39.3 Å². The van der Waals surface area contributed by atoms with Crippen molar-refractivity contribution in [3.05, 3.63) is 11.6 Å². The standard InChI is InChI=1S/C14H28N2/c1-11(12(2)15)10-16-8-6-13(7-9-16)14(3,4)5/h6,11-12H,7-10,15H2,1-5H3. The molecule has 2 nitrogen and oxygen atoms in total. The summed E-state index contributed by atoms with van der Waals surface area (Å²) in [5, 5.41) is 0. The molecule has 0 aliphatic carbocycles. The molecule has 0 spiro atoms. The van der Waals surface area contributed by atoms with Crippen molar-refractivity contribution >= 4 is 0 Å². The third kappa shape index (κ3) is 3.91. The van der Waals surface area contributed by atoms with Crippen LogP contribution in [0.25, 0.3) is 0 Å². The van der Waals surface area contributed by atoms with Gasteiger partial charge in [0, 0.05) is 25.7 Å². The Morgan fingerprint density at radius 3 is 2.38 bits per heavy atom. The topological polar surface area (TPSA) is 29.3 Å². The van der Waals surface area contributed by atoms with Crippen LogP contribution >= 0.6 is 0 Å².